The minimum atomic E-state index is 0.230. The zero-order valence-electron chi connectivity index (χ0n) is 14.3. The van der Waals surface area contributed by atoms with E-state index in [1.807, 2.05) is 42.2 Å². The van der Waals surface area contributed by atoms with Crippen LogP contribution in [0.2, 0.25) is 0 Å². The normalized spacial score (nSPS) is 13.8. The Balaban J connectivity index is 1.53. The SMILES string of the molecule is Cc1cnn([C@@H](C)[C@@H](C)NCc2nnc(Cc3ccccc3)o2)c1. The molecule has 1 N–H and O–H groups in total. The van der Waals surface area contributed by atoms with E-state index in [2.05, 4.69) is 46.6 Å². The van der Waals surface area contributed by atoms with Gasteiger partial charge in [-0.3, -0.25) is 4.68 Å². The zero-order chi connectivity index (χ0) is 16.9. The first-order valence-electron chi connectivity index (χ1n) is 8.21. The maximum atomic E-state index is 5.72. The summed E-state index contributed by atoms with van der Waals surface area (Å²) in [5, 5.41) is 16.0. The number of nitrogens with zero attached hydrogens (tertiary/aromatic N) is 4. The summed E-state index contributed by atoms with van der Waals surface area (Å²) in [6.07, 6.45) is 4.58. The van der Waals surface area contributed by atoms with Crippen molar-refractivity contribution >= 4 is 0 Å². The van der Waals surface area contributed by atoms with Crippen LogP contribution in [0.3, 0.4) is 0 Å². The molecule has 0 amide bonds. The molecule has 0 aliphatic heterocycles. The lowest BCUT2D eigenvalue weighted by Gasteiger charge is -2.21. The smallest absolute Gasteiger partial charge is 0.230 e. The molecular weight excluding hydrogens is 302 g/mol. The predicted molar refractivity (Wildman–Crippen MR) is 91.5 cm³/mol. The molecule has 0 saturated heterocycles. The first-order valence-corrected chi connectivity index (χ1v) is 8.21. The Kier molecular flexibility index (Phi) is 5.05. The largest absolute Gasteiger partial charge is 0.424 e. The van der Waals surface area contributed by atoms with E-state index in [9.17, 15) is 0 Å². The first-order chi connectivity index (χ1) is 11.6. The molecule has 1 aromatic carbocycles. The molecule has 6 nitrogen and oxygen atoms in total. The van der Waals surface area contributed by atoms with E-state index in [-0.39, 0.29) is 12.1 Å². The molecule has 0 aliphatic carbocycles. The molecule has 0 spiro atoms. The van der Waals surface area contributed by atoms with Crippen molar-refractivity contribution in [2.75, 3.05) is 0 Å². The summed E-state index contributed by atoms with van der Waals surface area (Å²) < 4.78 is 7.69. The number of aryl methyl sites for hydroxylation is 1. The molecule has 6 heteroatoms. The van der Waals surface area contributed by atoms with Crippen molar-refractivity contribution in [1.29, 1.82) is 0 Å². The average Bonchev–Trinajstić information content (AvgIpc) is 3.22. The van der Waals surface area contributed by atoms with Gasteiger partial charge in [-0.05, 0) is 31.9 Å². The number of hydrogen-bond acceptors (Lipinski definition) is 5. The van der Waals surface area contributed by atoms with E-state index in [1.54, 1.807) is 0 Å². The number of aromatic nitrogens is 4. The van der Waals surface area contributed by atoms with Crippen LogP contribution in [-0.4, -0.2) is 26.0 Å². The summed E-state index contributed by atoms with van der Waals surface area (Å²) >= 11 is 0. The van der Waals surface area contributed by atoms with Gasteiger partial charge in [-0.25, -0.2) is 0 Å². The highest BCUT2D eigenvalue weighted by Gasteiger charge is 2.15. The number of benzene rings is 1. The van der Waals surface area contributed by atoms with Gasteiger partial charge in [0.2, 0.25) is 11.8 Å². The minimum Gasteiger partial charge on any atom is -0.424 e. The van der Waals surface area contributed by atoms with E-state index in [1.165, 1.54) is 0 Å². The van der Waals surface area contributed by atoms with Gasteiger partial charge in [0.1, 0.15) is 0 Å². The molecule has 2 aromatic heterocycles. The van der Waals surface area contributed by atoms with Crippen LogP contribution >= 0.6 is 0 Å². The van der Waals surface area contributed by atoms with Gasteiger partial charge >= 0.3 is 0 Å². The fourth-order valence-corrected chi connectivity index (χ4v) is 2.51. The summed E-state index contributed by atoms with van der Waals surface area (Å²) in [5.41, 5.74) is 2.33. The van der Waals surface area contributed by atoms with Crippen molar-refractivity contribution in [2.45, 2.75) is 45.8 Å². The van der Waals surface area contributed by atoms with Crippen LogP contribution in [0, 0.1) is 6.92 Å². The van der Waals surface area contributed by atoms with E-state index in [4.69, 9.17) is 4.42 Å². The van der Waals surface area contributed by atoms with Gasteiger partial charge in [0.05, 0.1) is 25.2 Å². The Bertz CT molecular complexity index is 765. The van der Waals surface area contributed by atoms with E-state index < -0.39 is 0 Å². The van der Waals surface area contributed by atoms with Gasteiger partial charge in [-0.15, -0.1) is 10.2 Å². The molecule has 0 radical (unpaired) electrons. The molecular formula is C18H23N5O. The van der Waals surface area contributed by atoms with E-state index >= 15 is 0 Å². The molecule has 126 valence electrons. The van der Waals surface area contributed by atoms with Gasteiger partial charge in [-0.2, -0.15) is 5.10 Å². The third-order valence-electron chi connectivity index (χ3n) is 4.15. The Morgan fingerprint density at radius 1 is 1.12 bits per heavy atom. The standard InChI is InChI=1S/C18H23N5O/c1-13-10-20-23(12-13)15(3)14(2)19-11-18-22-21-17(24-18)9-16-7-5-4-6-8-16/h4-8,10,12,14-15,19H,9,11H2,1-3H3/t14-,15+/m1/s1. The quantitative estimate of drug-likeness (QED) is 0.723. The number of hydrogen-bond donors (Lipinski definition) is 1. The lowest BCUT2D eigenvalue weighted by molar-refractivity contribution is 0.344. The lowest BCUT2D eigenvalue weighted by atomic mass is 10.1. The highest BCUT2D eigenvalue weighted by molar-refractivity contribution is 5.17. The molecule has 3 aromatic rings. The second-order valence-electron chi connectivity index (χ2n) is 6.16. The van der Waals surface area contributed by atoms with Crippen molar-refractivity contribution in [3.05, 3.63) is 65.6 Å². The van der Waals surface area contributed by atoms with Crippen molar-refractivity contribution < 1.29 is 4.42 Å². The molecule has 0 bridgehead atoms. The monoisotopic (exact) mass is 325 g/mol. The summed E-state index contributed by atoms with van der Waals surface area (Å²) in [6.45, 7) is 6.86. The highest BCUT2D eigenvalue weighted by Crippen LogP contribution is 2.12. The van der Waals surface area contributed by atoms with E-state index in [0.29, 0.717) is 24.7 Å². The molecule has 3 rings (SSSR count). The lowest BCUT2D eigenvalue weighted by Crippen LogP contribution is -2.33. The topological polar surface area (TPSA) is 68.8 Å². The van der Waals surface area contributed by atoms with Crippen molar-refractivity contribution in [1.82, 2.24) is 25.3 Å². The first kappa shape index (κ1) is 16.4. The summed E-state index contributed by atoms with van der Waals surface area (Å²) in [6, 6.07) is 10.6. The predicted octanol–water partition coefficient (Wildman–Crippen LogP) is 2.90. The van der Waals surface area contributed by atoms with Crippen molar-refractivity contribution in [3.63, 3.8) is 0 Å². The summed E-state index contributed by atoms with van der Waals surface area (Å²) in [7, 11) is 0. The average molecular weight is 325 g/mol. The third-order valence-corrected chi connectivity index (χ3v) is 4.15. The molecule has 0 unspecified atom stereocenters. The van der Waals surface area contributed by atoms with Crippen LogP contribution in [0.25, 0.3) is 0 Å². The van der Waals surface area contributed by atoms with Gasteiger partial charge in [0.15, 0.2) is 0 Å². The second-order valence-corrected chi connectivity index (χ2v) is 6.16. The molecule has 0 saturated carbocycles. The van der Waals surface area contributed by atoms with Crippen LogP contribution in [0.4, 0.5) is 0 Å². The zero-order valence-corrected chi connectivity index (χ0v) is 14.3. The molecule has 24 heavy (non-hydrogen) atoms. The van der Waals surface area contributed by atoms with Crippen LogP contribution < -0.4 is 5.32 Å². The van der Waals surface area contributed by atoms with Gasteiger partial charge in [0, 0.05) is 12.2 Å². The number of nitrogens with one attached hydrogen (secondary N) is 1. The number of rotatable bonds is 7. The Labute approximate surface area is 141 Å². The van der Waals surface area contributed by atoms with Crippen LogP contribution in [0.1, 0.15) is 42.8 Å². The molecule has 2 atom stereocenters. The Morgan fingerprint density at radius 2 is 1.88 bits per heavy atom. The summed E-state index contributed by atoms with van der Waals surface area (Å²) in [5.74, 6) is 1.25. The summed E-state index contributed by atoms with van der Waals surface area (Å²) in [4.78, 5) is 0. The second kappa shape index (κ2) is 7.40. The van der Waals surface area contributed by atoms with Crippen LogP contribution in [0.15, 0.2) is 47.1 Å². The van der Waals surface area contributed by atoms with Crippen molar-refractivity contribution in [2.24, 2.45) is 0 Å². The highest BCUT2D eigenvalue weighted by atomic mass is 16.4. The Hall–Kier alpha value is -2.47. The fraction of sp³-hybridized carbons (Fsp3) is 0.389. The van der Waals surface area contributed by atoms with Gasteiger partial charge in [-0.1, -0.05) is 30.3 Å². The van der Waals surface area contributed by atoms with Crippen LogP contribution in [-0.2, 0) is 13.0 Å². The van der Waals surface area contributed by atoms with Gasteiger partial charge in [0.25, 0.3) is 0 Å². The Morgan fingerprint density at radius 3 is 2.58 bits per heavy atom. The molecule has 2 heterocycles. The fourth-order valence-electron chi connectivity index (χ4n) is 2.51. The third kappa shape index (κ3) is 4.08. The molecule has 0 fully saturated rings. The van der Waals surface area contributed by atoms with Gasteiger partial charge < -0.3 is 9.73 Å². The van der Waals surface area contributed by atoms with Crippen molar-refractivity contribution in [3.8, 4) is 0 Å². The maximum absolute atomic E-state index is 5.72. The van der Waals surface area contributed by atoms with E-state index in [0.717, 1.165) is 11.1 Å². The maximum Gasteiger partial charge on any atom is 0.230 e. The minimum absolute atomic E-state index is 0.230. The van der Waals surface area contributed by atoms with Crippen LogP contribution in [0.5, 0.6) is 0 Å². The molecule has 0 aliphatic rings.